The zero-order chi connectivity index (χ0) is 14.5. The summed E-state index contributed by atoms with van der Waals surface area (Å²) in [6.45, 7) is 8.65. The summed E-state index contributed by atoms with van der Waals surface area (Å²) in [7, 11) is 5.83. The molecule has 1 aromatic carbocycles. The molecule has 0 saturated heterocycles. The van der Waals surface area contributed by atoms with E-state index in [1.807, 2.05) is 7.05 Å². The molecule has 0 atom stereocenters. The Bertz CT molecular complexity index is 396. The molecule has 0 spiro atoms. The molecule has 0 saturated carbocycles. The van der Waals surface area contributed by atoms with Crippen molar-refractivity contribution in [3.8, 4) is 5.75 Å². The third kappa shape index (κ3) is 4.84. The zero-order valence-corrected chi connectivity index (χ0v) is 13.2. The summed E-state index contributed by atoms with van der Waals surface area (Å²) in [6, 6.07) is 6.54. The molecule has 0 fully saturated rings. The normalized spacial score (nSPS) is 11.9. The molecule has 108 valence electrons. The lowest BCUT2D eigenvalue weighted by atomic mass is 9.85. The number of nitrogens with one attached hydrogen (secondary N) is 1. The fourth-order valence-corrected chi connectivity index (χ4v) is 2.10. The van der Waals surface area contributed by atoms with Crippen LogP contribution in [0, 0.1) is 0 Å². The molecule has 0 bridgehead atoms. The minimum absolute atomic E-state index is 0.178. The Morgan fingerprint density at radius 3 is 2.47 bits per heavy atom. The van der Waals surface area contributed by atoms with Crippen LogP contribution in [-0.2, 0) is 11.8 Å². The number of hydrogen-bond acceptors (Lipinski definition) is 3. The molecule has 0 heterocycles. The van der Waals surface area contributed by atoms with Crippen molar-refractivity contribution in [2.45, 2.75) is 32.6 Å². The van der Waals surface area contributed by atoms with Crippen LogP contribution in [0.3, 0.4) is 0 Å². The number of hydrogen-bond donors (Lipinski definition) is 1. The predicted molar refractivity (Wildman–Crippen MR) is 82.0 cm³/mol. The Morgan fingerprint density at radius 1 is 1.26 bits per heavy atom. The maximum atomic E-state index is 5.47. The first kappa shape index (κ1) is 16.0. The fourth-order valence-electron chi connectivity index (χ4n) is 2.10. The Labute approximate surface area is 118 Å². The second kappa shape index (κ2) is 6.92. The summed E-state index contributed by atoms with van der Waals surface area (Å²) >= 11 is 0. The maximum absolute atomic E-state index is 5.47. The number of methoxy groups -OCH3 is 1. The number of likely N-dealkylation sites (N-methyl/N-ethyl adjacent to an activating group) is 1. The van der Waals surface area contributed by atoms with Gasteiger partial charge in [0.1, 0.15) is 5.75 Å². The van der Waals surface area contributed by atoms with Crippen molar-refractivity contribution in [2.75, 3.05) is 34.4 Å². The van der Waals surface area contributed by atoms with E-state index in [4.69, 9.17) is 4.74 Å². The first-order valence-corrected chi connectivity index (χ1v) is 6.89. The van der Waals surface area contributed by atoms with Gasteiger partial charge in [-0.15, -0.1) is 0 Å². The van der Waals surface area contributed by atoms with Gasteiger partial charge in [-0.3, -0.25) is 4.90 Å². The van der Waals surface area contributed by atoms with Crippen LogP contribution in [0.25, 0.3) is 0 Å². The van der Waals surface area contributed by atoms with E-state index in [9.17, 15) is 0 Å². The second-order valence-corrected chi connectivity index (χ2v) is 6.12. The van der Waals surface area contributed by atoms with E-state index in [2.05, 4.69) is 56.2 Å². The molecule has 19 heavy (non-hydrogen) atoms. The average Bonchev–Trinajstić information content (AvgIpc) is 2.35. The van der Waals surface area contributed by atoms with Crippen molar-refractivity contribution in [1.82, 2.24) is 10.2 Å². The standard InChI is InChI=1S/C16H28N2O/c1-16(2,3)14-7-8-15(19-6)13(11-14)9-10-18(5)12-17-4/h7-8,11,17H,9-10,12H2,1-6H3. The average molecular weight is 264 g/mol. The van der Waals surface area contributed by atoms with Crippen LogP contribution in [0.15, 0.2) is 18.2 Å². The van der Waals surface area contributed by atoms with Crippen molar-refractivity contribution >= 4 is 0 Å². The van der Waals surface area contributed by atoms with Gasteiger partial charge < -0.3 is 10.1 Å². The molecule has 0 aromatic heterocycles. The third-order valence-corrected chi connectivity index (χ3v) is 3.34. The van der Waals surface area contributed by atoms with E-state index in [1.165, 1.54) is 11.1 Å². The van der Waals surface area contributed by atoms with Gasteiger partial charge in [-0.2, -0.15) is 0 Å². The molecule has 1 aromatic rings. The highest BCUT2D eigenvalue weighted by Gasteiger charge is 2.15. The molecule has 1 rings (SSSR count). The van der Waals surface area contributed by atoms with Crippen LogP contribution in [-0.4, -0.2) is 39.3 Å². The summed E-state index contributed by atoms with van der Waals surface area (Å²) in [5.74, 6) is 0.992. The van der Waals surface area contributed by atoms with Gasteiger partial charge in [-0.25, -0.2) is 0 Å². The molecule has 0 aliphatic heterocycles. The van der Waals surface area contributed by atoms with E-state index in [-0.39, 0.29) is 5.41 Å². The van der Waals surface area contributed by atoms with Gasteiger partial charge >= 0.3 is 0 Å². The van der Waals surface area contributed by atoms with Crippen molar-refractivity contribution < 1.29 is 4.74 Å². The van der Waals surface area contributed by atoms with Gasteiger partial charge in [0.05, 0.1) is 7.11 Å². The van der Waals surface area contributed by atoms with Crippen molar-refractivity contribution in [1.29, 1.82) is 0 Å². The van der Waals surface area contributed by atoms with Crippen molar-refractivity contribution in [3.05, 3.63) is 29.3 Å². The van der Waals surface area contributed by atoms with Gasteiger partial charge in [-0.1, -0.05) is 32.9 Å². The number of rotatable bonds is 6. The highest BCUT2D eigenvalue weighted by Crippen LogP contribution is 2.28. The largest absolute Gasteiger partial charge is 0.496 e. The lowest BCUT2D eigenvalue weighted by Gasteiger charge is -2.22. The highest BCUT2D eigenvalue weighted by atomic mass is 16.5. The minimum atomic E-state index is 0.178. The summed E-state index contributed by atoms with van der Waals surface area (Å²) in [6.07, 6.45) is 1.01. The van der Waals surface area contributed by atoms with E-state index < -0.39 is 0 Å². The van der Waals surface area contributed by atoms with Gasteiger partial charge in [0.2, 0.25) is 0 Å². The predicted octanol–water partition coefficient (Wildman–Crippen LogP) is 2.64. The van der Waals surface area contributed by atoms with Gasteiger partial charge in [-0.05, 0) is 43.1 Å². The smallest absolute Gasteiger partial charge is 0.122 e. The first-order valence-electron chi connectivity index (χ1n) is 6.89. The van der Waals surface area contributed by atoms with Crippen molar-refractivity contribution in [3.63, 3.8) is 0 Å². The molecule has 0 amide bonds. The SMILES string of the molecule is CNCN(C)CCc1cc(C(C)(C)C)ccc1OC. The molecule has 3 heteroatoms. The third-order valence-electron chi connectivity index (χ3n) is 3.34. The lowest BCUT2D eigenvalue weighted by molar-refractivity contribution is 0.318. The van der Waals surface area contributed by atoms with E-state index >= 15 is 0 Å². The topological polar surface area (TPSA) is 24.5 Å². The monoisotopic (exact) mass is 264 g/mol. The van der Waals surface area contributed by atoms with E-state index in [0.717, 1.165) is 25.4 Å². The molecular weight excluding hydrogens is 236 g/mol. The van der Waals surface area contributed by atoms with E-state index in [0.29, 0.717) is 0 Å². The fraction of sp³-hybridized carbons (Fsp3) is 0.625. The molecule has 3 nitrogen and oxygen atoms in total. The van der Waals surface area contributed by atoms with Crippen LogP contribution in [0.2, 0.25) is 0 Å². The van der Waals surface area contributed by atoms with Crippen LogP contribution in [0.1, 0.15) is 31.9 Å². The van der Waals surface area contributed by atoms with Crippen molar-refractivity contribution in [2.24, 2.45) is 0 Å². The number of benzene rings is 1. The Hall–Kier alpha value is -1.06. The highest BCUT2D eigenvalue weighted by molar-refractivity contribution is 5.39. The van der Waals surface area contributed by atoms with Crippen LogP contribution < -0.4 is 10.1 Å². The van der Waals surface area contributed by atoms with E-state index in [1.54, 1.807) is 7.11 Å². The van der Waals surface area contributed by atoms with Crippen LogP contribution in [0.4, 0.5) is 0 Å². The lowest BCUT2D eigenvalue weighted by Crippen LogP contribution is -2.30. The zero-order valence-electron chi connectivity index (χ0n) is 13.2. The maximum Gasteiger partial charge on any atom is 0.122 e. The molecular formula is C16H28N2O. The quantitative estimate of drug-likeness (QED) is 0.799. The summed E-state index contributed by atoms with van der Waals surface area (Å²) in [5.41, 5.74) is 2.83. The first-order chi connectivity index (χ1) is 8.88. The van der Waals surface area contributed by atoms with Gasteiger partial charge in [0.15, 0.2) is 0 Å². The summed E-state index contributed by atoms with van der Waals surface area (Å²) in [4.78, 5) is 2.27. The van der Waals surface area contributed by atoms with Crippen LogP contribution in [0.5, 0.6) is 5.75 Å². The summed E-state index contributed by atoms with van der Waals surface area (Å²) in [5, 5.41) is 3.16. The minimum Gasteiger partial charge on any atom is -0.496 e. The second-order valence-electron chi connectivity index (χ2n) is 6.12. The molecule has 0 radical (unpaired) electrons. The molecule has 1 N–H and O–H groups in total. The van der Waals surface area contributed by atoms with Gasteiger partial charge in [0.25, 0.3) is 0 Å². The Morgan fingerprint density at radius 2 is 1.95 bits per heavy atom. The van der Waals surface area contributed by atoms with Gasteiger partial charge in [0, 0.05) is 13.2 Å². The number of nitrogens with zero attached hydrogens (tertiary/aromatic N) is 1. The van der Waals surface area contributed by atoms with Crippen LogP contribution >= 0.6 is 0 Å². The molecule has 0 aliphatic carbocycles. The molecule has 0 aliphatic rings. The number of ether oxygens (including phenoxy) is 1. The molecule has 0 unspecified atom stereocenters. The Kier molecular flexibility index (Phi) is 5.83. The Balaban J connectivity index is 2.84. The summed E-state index contributed by atoms with van der Waals surface area (Å²) < 4.78 is 5.47.